The van der Waals surface area contributed by atoms with Crippen molar-refractivity contribution in [2.45, 2.75) is 66.0 Å². The molecule has 0 radical (unpaired) electrons. The van der Waals surface area contributed by atoms with E-state index in [1.807, 2.05) is 0 Å². The molecule has 0 spiro atoms. The highest BCUT2D eigenvalue weighted by molar-refractivity contribution is 4.57. The Kier molecular flexibility index (Phi) is 9.44. The topological polar surface area (TPSA) is 36.9 Å². The average molecular weight is 288 g/mol. The van der Waals surface area contributed by atoms with Gasteiger partial charge in [0.1, 0.15) is 13.2 Å². The average Bonchev–Trinajstić information content (AvgIpc) is 2.48. The van der Waals surface area contributed by atoms with Crippen molar-refractivity contribution in [1.82, 2.24) is 0 Å². The Labute approximate surface area is 124 Å². The van der Waals surface area contributed by atoms with E-state index in [-0.39, 0.29) is 12.6 Å². The summed E-state index contributed by atoms with van der Waals surface area (Å²) < 4.78 is 22.6. The van der Waals surface area contributed by atoms with E-state index in [1.54, 1.807) is 0 Å². The zero-order valence-electron chi connectivity index (χ0n) is 13.6. The molecule has 1 heterocycles. The third-order valence-electron chi connectivity index (χ3n) is 4.06. The molecule has 0 aromatic heterocycles. The van der Waals surface area contributed by atoms with Crippen LogP contribution in [0.25, 0.3) is 0 Å². The van der Waals surface area contributed by atoms with Crippen LogP contribution in [0.1, 0.15) is 53.4 Å². The fourth-order valence-electron chi connectivity index (χ4n) is 1.87. The summed E-state index contributed by atoms with van der Waals surface area (Å²) in [5, 5.41) is 0. The smallest absolute Gasteiger partial charge is 0.181 e. The van der Waals surface area contributed by atoms with Crippen LogP contribution in [0.5, 0.6) is 0 Å². The summed E-state index contributed by atoms with van der Waals surface area (Å²) in [4.78, 5) is 0. The second kappa shape index (κ2) is 10.6. The molecule has 1 fully saturated rings. The molecule has 1 rings (SSSR count). The van der Waals surface area contributed by atoms with Gasteiger partial charge in [-0.05, 0) is 24.7 Å². The van der Waals surface area contributed by atoms with Gasteiger partial charge in [0.2, 0.25) is 0 Å². The molecule has 0 aliphatic carbocycles. The zero-order valence-corrected chi connectivity index (χ0v) is 13.6. The molecular weight excluding hydrogens is 256 g/mol. The van der Waals surface area contributed by atoms with Gasteiger partial charge in [-0.15, -0.1) is 0 Å². The van der Waals surface area contributed by atoms with Crippen molar-refractivity contribution in [3.05, 3.63) is 0 Å². The molecule has 0 N–H and O–H groups in total. The van der Waals surface area contributed by atoms with Gasteiger partial charge in [0.05, 0.1) is 13.2 Å². The molecule has 0 aromatic rings. The van der Waals surface area contributed by atoms with Crippen molar-refractivity contribution in [1.29, 1.82) is 0 Å². The Morgan fingerprint density at radius 3 is 1.55 bits per heavy atom. The van der Waals surface area contributed by atoms with Crippen molar-refractivity contribution in [2.24, 2.45) is 11.8 Å². The van der Waals surface area contributed by atoms with Crippen LogP contribution in [0.4, 0.5) is 0 Å². The molecule has 4 nitrogen and oxygen atoms in total. The van der Waals surface area contributed by atoms with Crippen molar-refractivity contribution >= 4 is 0 Å². The highest BCUT2D eigenvalue weighted by Gasteiger charge is 2.23. The van der Waals surface area contributed by atoms with Crippen LogP contribution >= 0.6 is 0 Å². The van der Waals surface area contributed by atoms with E-state index in [1.165, 1.54) is 12.8 Å². The Bertz CT molecular complexity index is 203. The summed E-state index contributed by atoms with van der Waals surface area (Å²) in [6.45, 7) is 11.3. The van der Waals surface area contributed by atoms with E-state index in [4.69, 9.17) is 18.9 Å². The van der Waals surface area contributed by atoms with Gasteiger partial charge < -0.3 is 18.9 Å². The Balaban J connectivity index is 2.02. The summed E-state index contributed by atoms with van der Waals surface area (Å²) in [6, 6.07) is 0. The minimum Gasteiger partial charge on any atom is -0.350 e. The van der Waals surface area contributed by atoms with Crippen LogP contribution in [-0.2, 0) is 18.9 Å². The predicted molar refractivity (Wildman–Crippen MR) is 79.5 cm³/mol. The van der Waals surface area contributed by atoms with Crippen LogP contribution in [0.2, 0.25) is 0 Å². The molecule has 0 aromatic carbocycles. The van der Waals surface area contributed by atoms with Crippen LogP contribution in [0.3, 0.4) is 0 Å². The molecule has 4 heteroatoms. The lowest BCUT2D eigenvalue weighted by atomic mass is 10.1. The van der Waals surface area contributed by atoms with Crippen molar-refractivity contribution in [3.8, 4) is 0 Å². The van der Waals surface area contributed by atoms with Gasteiger partial charge >= 0.3 is 0 Å². The monoisotopic (exact) mass is 288 g/mol. The zero-order chi connectivity index (χ0) is 14.8. The highest BCUT2D eigenvalue weighted by Crippen LogP contribution is 2.13. The standard InChI is InChI=1S/C16H32O4/c1-5-13(3)7-9-17-15-11-20-16(12-19-15)18-10-8-14(4)6-2/h13-16H,5-12H2,1-4H3. The van der Waals surface area contributed by atoms with Gasteiger partial charge in [0, 0.05) is 0 Å². The first-order valence-electron chi connectivity index (χ1n) is 8.12. The lowest BCUT2D eigenvalue weighted by molar-refractivity contribution is -0.290. The van der Waals surface area contributed by atoms with E-state index in [0.29, 0.717) is 25.0 Å². The second-order valence-electron chi connectivity index (χ2n) is 5.87. The van der Waals surface area contributed by atoms with Crippen LogP contribution in [0, 0.1) is 11.8 Å². The lowest BCUT2D eigenvalue weighted by Crippen LogP contribution is -2.39. The summed E-state index contributed by atoms with van der Waals surface area (Å²) in [5.74, 6) is 1.41. The van der Waals surface area contributed by atoms with Crippen molar-refractivity contribution in [2.75, 3.05) is 26.4 Å². The van der Waals surface area contributed by atoms with Gasteiger partial charge in [-0.1, -0.05) is 40.5 Å². The first-order valence-corrected chi connectivity index (χ1v) is 8.12. The Hall–Kier alpha value is -0.160. The van der Waals surface area contributed by atoms with Crippen molar-refractivity contribution in [3.63, 3.8) is 0 Å². The predicted octanol–water partition coefficient (Wildman–Crippen LogP) is 3.59. The second-order valence-corrected chi connectivity index (χ2v) is 5.87. The summed E-state index contributed by atoms with van der Waals surface area (Å²) >= 11 is 0. The Morgan fingerprint density at radius 2 is 1.25 bits per heavy atom. The van der Waals surface area contributed by atoms with E-state index in [0.717, 1.165) is 26.1 Å². The van der Waals surface area contributed by atoms with E-state index in [2.05, 4.69) is 27.7 Å². The fraction of sp³-hybridized carbons (Fsp3) is 1.00. The quantitative estimate of drug-likeness (QED) is 0.615. The molecule has 1 aliphatic heterocycles. The van der Waals surface area contributed by atoms with E-state index >= 15 is 0 Å². The van der Waals surface area contributed by atoms with Gasteiger partial charge in [0.15, 0.2) is 12.6 Å². The lowest BCUT2D eigenvalue weighted by Gasteiger charge is -2.29. The number of hydrogen-bond donors (Lipinski definition) is 0. The minimum absolute atomic E-state index is 0.228. The molecular formula is C16H32O4. The van der Waals surface area contributed by atoms with Crippen LogP contribution in [0.15, 0.2) is 0 Å². The molecule has 0 amide bonds. The normalized spacial score (nSPS) is 26.4. The molecule has 20 heavy (non-hydrogen) atoms. The first-order chi connectivity index (χ1) is 9.65. The molecule has 4 atom stereocenters. The third-order valence-corrected chi connectivity index (χ3v) is 4.06. The SMILES string of the molecule is CCC(C)CCOC1COC(OCCC(C)CC)CO1. The molecule has 0 saturated carbocycles. The number of rotatable bonds is 10. The van der Waals surface area contributed by atoms with E-state index in [9.17, 15) is 0 Å². The maximum atomic E-state index is 5.66. The maximum Gasteiger partial charge on any atom is 0.181 e. The molecule has 1 saturated heterocycles. The summed E-state index contributed by atoms with van der Waals surface area (Å²) in [7, 11) is 0. The minimum atomic E-state index is -0.228. The van der Waals surface area contributed by atoms with Gasteiger partial charge in [-0.2, -0.15) is 0 Å². The molecule has 120 valence electrons. The third kappa shape index (κ3) is 7.58. The van der Waals surface area contributed by atoms with Gasteiger partial charge in [-0.3, -0.25) is 0 Å². The van der Waals surface area contributed by atoms with Gasteiger partial charge in [0.25, 0.3) is 0 Å². The highest BCUT2D eigenvalue weighted by atomic mass is 16.8. The molecule has 0 bridgehead atoms. The largest absolute Gasteiger partial charge is 0.350 e. The van der Waals surface area contributed by atoms with Crippen LogP contribution < -0.4 is 0 Å². The maximum absolute atomic E-state index is 5.66. The summed E-state index contributed by atoms with van der Waals surface area (Å²) in [6.07, 6.45) is 4.08. The van der Waals surface area contributed by atoms with Crippen molar-refractivity contribution < 1.29 is 18.9 Å². The first kappa shape index (κ1) is 17.9. The molecule has 1 aliphatic rings. The Morgan fingerprint density at radius 1 is 0.850 bits per heavy atom. The van der Waals surface area contributed by atoms with Gasteiger partial charge in [-0.25, -0.2) is 0 Å². The number of hydrogen-bond acceptors (Lipinski definition) is 4. The van der Waals surface area contributed by atoms with Crippen LogP contribution in [-0.4, -0.2) is 39.0 Å². The fourth-order valence-corrected chi connectivity index (χ4v) is 1.87. The summed E-state index contributed by atoms with van der Waals surface area (Å²) in [5.41, 5.74) is 0. The molecule has 4 unspecified atom stereocenters. The number of ether oxygens (including phenoxy) is 4. The van der Waals surface area contributed by atoms with E-state index < -0.39 is 0 Å².